The van der Waals surface area contributed by atoms with Crippen molar-refractivity contribution in [3.05, 3.63) is 30.3 Å². The minimum Gasteiger partial charge on any atom is -0.464 e. The summed E-state index contributed by atoms with van der Waals surface area (Å²) in [5.41, 5.74) is -2.13. The van der Waals surface area contributed by atoms with Gasteiger partial charge in [0.1, 0.15) is 0 Å². The zero-order valence-corrected chi connectivity index (χ0v) is 10.3. The van der Waals surface area contributed by atoms with Crippen molar-refractivity contribution in [1.82, 2.24) is 0 Å². The molecule has 0 aliphatic carbocycles. The second kappa shape index (κ2) is 5.39. The van der Waals surface area contributed by atoms with Gasteiger partial charge < -0.3 is 4.74 Å². The Hall–Kier alpha value is -1.90. The van der Waals surface area contributed by atoms with Gasteiger partial charge in [-0.25, -0.2) is 4.79 Å². The molecule has 0 atom stereocenters. The van der Waals surface area contributed by atoms with Crippen LogP contribution in [0.4, 0.5) is 13.2 Å². The number of carbonyl (C=O) groups excluding carboxylic acids is 1. The molecule has 104 valence electrons. The normalized spacial score (nSPS) is 13.2. The number of halogens is 3. The average Bonchev–Trinajstić information content (AvgIpc) is 2.35. The Labute approximate surface area is 106 Å². The van der Waals surface area contributed by atoms with Gasteiger partial charge in [0.2, 0.25) is 5.71 Å². The number of carbonyl (C=O) groups is 1. The molecule has 1 rings (SSSR count). The number of sulfonamides is 1. The van der Waals surface area contributed by atoms with Gasteiger partial charge in [-0.2, -0.15) is 21.6 Å². The average molecular weight is 295 g/mol. The number of hydrogen-bond acceptors (Lipinski definition) is 4. The standard InChI is InChI=1S/C10H8F3NO4S/c1-18-9(15)8(10(11,12)13)14-19(16,17)7-5-3-2-4-6-7/h2-6H,1H3. The lowest BCUT2D eigenvalue weighted by Crippen LogP contribution is -2.33. The number of ether oxygens (including phenoxy) is 1. The maximum Gasteiger partial charge on any atom is 0.441 e. The molecule has 0 spiro atoms. The third-order valence-electron chi connectivity index (χ3n) is 1.90. The van der Waals surface area contributed by atoms with Gasteiger partial charge >= 0.3 is 12.1 Å². The summed E-state index contributed by atoms with van der Waals surface area (Å²) < 4.78 is 67.1. The van der Waals surface area contributed by atoms with Gasteiger partial charge in [0.05, 0.1) is 12.0 Å². The van der Waals surface area contributed by atoms with Crippen LogP contribution in [0, 0.1) is 0 Å². The molecule has 0 amide bonds. The highest BCUT2D eigenvalue weighted by Gasteiger charge is 2.43. The number of benzene rings is 1. The first-order valence-corrected chi connectivity index (χ1v) is 6.18. The summed E-state index contributed by atoms with van der Waals surface area (Å²) in [6.07, 6.45) is -5.23. The maximum atomic E-state index is 12.5. The molecule has 0 heterocycles. The minimum absolute atomic E-state index is 0.458. The molecule has 0 radical (unpaired) electrons. The number of alkyl halides is 3. The molecule has 1 aromatic rings. The predicted molar refractivity (Wildman–Crippen MR) is 59.1 cm³/mol. The number of rotatable bonds is 3. The fourth-order valence-corrected chi connectivity index (χ4v) is 2.09. The van der Waals surface area contributed by atoms with E-state index in [9.17, 15) is 26.4 Å². The Kier molecular flexibility index (Phi) is 4.30. The lowest BCUT2D eigenvalue weighted by molar-refractivity contribution is -0.137. The number of methoxy groups -OCH3 is 1. The first-order valence-electron chi connectivity index (χ1n) is 4.74. The lowest BCUT2D eigenvalue weighted by Gasteiger charge is -2.08. The van der Waals surface area contributed by atoms with E-state index in [-0.39, 0.29) is 0 Å². The van der Waals surface area contributed by atoms with E-state index >= 15 is 0 Å². The highest BCUT2D eigenvalue weighted by Crippen LogP contribution is 2.21. The Morgan fingerprint density at radius 2 is 1.74 bits per heavy atom. The van der Waals surface area contributed by atoms with Gasteiger partial charge in [-0.1, -0.05) is 18.2 Å². The monoisotopic (exact) mass is 295 g/mol. The highest BCUT2D eigenvalue weighted by molar-refractivity contribution is 7.90. The quantitative estimate of drug-likeness (QED) is 0.626. The van der Waals surface area contributed by atoms with E-state index in [0.29, 0.717) is 7.11 Å². The second-order valence-electron chi connectivity index (χ2n) is 3.22. The zero-order valence-electron chi connectivity index (χ0n) is 9.51. The van der Waals surface area contributed by atoms with Crippen LogP contribution in [0.3, 0.4) is 0 Å². The molecule has 5 nitrogen and oxygen atoms in total. The summed E-state index contributed by atoms with van der Waals surface area (Å²) in [5.74, 6) is -1.87. The second-order valence-corrected chi connectivity index (χ2v) is 4.82. The van der Waals surface area contributed by atoms with E-state index in [0.717, 1.165) is 12.1 Å². The zero-order chi connectivity index (χ0) is 14.7. The smallest absolute Gasteiger partial charge is 0.441 e. The molecule has 19 heavy (non-hydrogen) atoms. The third-order valence-corrected chi connectivity index (χ3v) is 3.19. The largest absolute Gasteiger partial charge is 0.464 e. The van der Waals surface area contributed by atoms with Crippen molar-refractivity contribution < 1.29 is 31.1 Å². The Balaban J connectivity index is 3.35. The molecule has 0 aromatic heterocycles. The van der Waals surface area contributed by atoms with Crippen LogP contribution >= 0.6 is 0 Å². The fraction of sp³-hybridized carbons (Fsp3) is 0.200. The third kappa shape index (κ3) is 3.78. The molecule has 0 saturated heterocycles. The molecule has 0 bridgehead atoms. The molecule has 0 saturated carbocycles. The van der Waals surface area contributed by atoms with Gasteiger partial charge in [0.25, 0.3) is 10.0 Å². The molecule has 0 aliphatic rings. The topological polar surface area (TPSA) is 72.8 Å². The van der Waals surface area contributed by atoms with Gasteiger partial charge in [0, 0.05) is 0 Å². The SMILES string of the molecule is COC(=O)C(=NS(=O)(=O)c1ccccc1)C(F)(F)F. The molecule has 0 N–H and O–H groups in total. The molecule has 0 fully saturated rings. The number of nitrogens with zero attached hydrogens (tertiary/aromatic N) is 1. The maximum absolute atomic E-state index is 12.5. The van der Waals surface area contributed by atoms with Crippen LogP contribution in [-0.2, 0) is 19.6 Å². The Bertz CT molecular complexity index is 593. The summed E-state index contributed by atoms with van der Waals surface area (Å²) in [7, 11) is -3.94. The predicted octanol–water partition coefficient (Wildman–Crippen LogP) is 1.55. The van der Waals surface area contributed by atoms with E-state index in [1.54, 1.807) is 0 Å². The van der Waals surface area contributed by atoms with Crippen LogP contribution in [0.2, 0.25) is 0 Å². The van der Waals surface area contributed by atoms with E-state index < -0.39 is 32.8 Å². The van der Waals surface area contributed by atoms with Gasteiger partial charge in [-0.05, 0) is 12.1 Å². The molecular weight excluding hydrogens is 287 g/mol. The minimum atomic E-state index is -5.23. The molecular formula is C10H8F3NO4S. The molecule has 0 aliphatic heterocycles. The van der Waals surface area contributed by atoms with Crippen LogP contribution in [-0.4, -0.2) is 33.4 Å². The van der Waals surface area contributed by atoms with E-state index in [2.05, 4.69) is 9.13 Å². The van der Waals surface area contributed by atoms with Crippen LogP contribution in [0.15, 0.2) is 39.6 Å². The van der Waals surface area contributed by atoms with E-state index in [1.165, 1.54) is 18.2 Å². The summed E-state index contributed by atoms with van der Waals surface area (Å²) in [4.78, 5) is 10.5. The lowest BCUT2D eigenvalue weighted by atomic mass is 10.4. The van der Waals surface area contributed by atoms with Crippen molar-refractivity contribution in [1.29, 1.82) is 0 Å². The van der Waals surface area contributed by atoms with Crippen LogP contribution in [0.25, 0.3) is 0 Å². The summed E-state index contributed by atoms with van der Waals surface area (Å²) in [5, 5.41) is 0. The van der Waals surface area contributed by atoms with Crippen LogP contribution in [0.1, 0.15) is 0 Å². The summed E-state index contributed by atoms with van der Waals surface area (Å²) >= 11 is 0. The summed E-state index contributed by atoms with van der Waals surface area (Å²) in [6.45, 7) is 0. The number of esters is 1. The first-order chi connectivity index (χ1) is 8.68. The van der Waals surface area contributed by atoms with Crippen molar-refractivity contribution >= 4 is 21.7 Å². The molecule has 0 unspecified atom stereocenters. The van der Waals surface area contributed by atoms with E-state index in [1.807, 2.05) is 0 Å². The fourth-order valence-electron chi connectivity index (χ4n) is 1.07. The molecule has 1 aromatic carbocycles. The van der Waals surface area contributed by atoms with Crippen molar-refractivity contribution in [2.75, 3.05) is 7.11 Å². The van der Waals surface area contributed by atoms with Gasteiger partial charge in [0.15, 0.2) is 0 Å². The first kappa shape index (κ1) is 15.2. The van der Waals surface area contributed by atoms with Gasteiger partial charge in [-0.15, -0.1) is 4.40 Å². The summed E-state index contributed by atoms with van der Waals surface area (Å²) in [6, 6.07) is 6.23. The van der Waals surface area contributed by atoms with Crippen molar-refractivity contribution in [3.63, 3.8) is 0 Å². The van der Waals surface area contributed by atoms with Crippen LogP contribution < -0.4 is 0 Å². The van der Waals surface area contributed by atoms with Crippen molar-refractivity contribution in [2.45, 2.75) is 11.1 Å². The molecule has 9 heteroatoms. The van der Waals surface area contributed by atoms with Gasteiger partial charge in [-0.3, -0.25) is 0 Å². The Morgan fingerprint density at radius 1 is 1.21 bits per heavy atom. The Morgan fingerprint density at radius 3 is 2.16 bits per heavy atom. The number of hydrogen-bond donors (Lipinski definition) is 0. The highest BCUT2D eigenvalue weighted by atomic mass is 32.2. The van der Waals surface area contributed by atoms with Crippen molar-refractivity contribution in [3.8, 4) is 0 Å². The van der Waals surface area contributed by atoms with Crippen molar-refractivity contribution in [2.24, 2.45) is 4.40 Å². The van der Waals surface area contributed by atoms with E-state index in [4.69, 9.17) is 0 Å². The van der Waals surface area contributed by atoms with Crippen LogP contribution in [0.5, 0.6) is 0 Å².